The number of hydrogen-bond acceptors (Lipinski definition) is 7. The lowest BCUT2D eigenvalue weighted by atomic mass is 10.0. The summed E-state index contributed by atoms with van der Waals surface area (Å²) in [5, 5.41) is 2.83. The van der Waals surface area contributed by atoms with Gasteiger partial charge in [-0.15, -0.1) is 0 Å². The molecule has 1 amide bonds. The summed E-state index contributed by atoms with van der Waals surface area (Å²) in [7, 11) is 1.35. The Balaban J connectivity index is 1.43. The number of carbonyl (C=O) groups excluding carboxylic acids is 2. The normalized spacial score (nSPS) is 17.9. The molecular weight excluding hydrogens is 374 g/mol. The summed E-state index contributed by atoms with van der Waals surface area (Å²) in [6, 6.07) is 5.46. The number of rotatable bonds is 8. The zero-order valence-electron chi connectivity index (χ0n) is 17.5. The second-order valence-electron chi connectivity index (χ2n) is 8.01. The third-order valence-electron chi connectivity index (χ3n) is 5.20. The Kier molecular flexibility index (Phi) is 7.33. The lowest BCUT2D eigenvalue weighted by molar-refractivity contribution is -0.145. The third kappa shape index (κ3) is 6.08. The van der Waals surface area contributed by atoms with Gasteiger partial charge in [0.1, 0.15) is 6.04 Å². The van der Waals surface area contributed by atoms with Crippen LogP contribution in [0, 0.1) is 5.92 Å². The molecule has 1 atom stereocenters. The Hall–Kier alpha value is -2.32. The lowest BCUT2D eigenvalue weighted by Gasteiger charge is -2.34. The number of fused-ring (bicyclic) bond motifs is 1. The second-order valence-corrected chi connectivity index (χ2v) is 8.01. The van der Waals surface area contributed by atoms with Crippen molar-refractivity contribution in [1.82, 2.24) is 15.1 Å². The highest BCUT2D eigenvalue weighted by atomic mass is 16.7. The van der Waals surface area contributed by atoms with E-state index < -0.39 is 6.04 Å². The van der Waals surface area contributed by atoms with Crippen LogP contribution in [-0.2, 0) is 20.9 Å². The summed E-state index contributed by atoms with van der Waals surface area (Å²) in [5.74, 6) is 1.37. The van der Waals surface area contributed by atoms with Crippen molar-refractivity contribution >= 4 is 11.9 Å². The first kappa shape index (κ1) is 21.4. The fourth-order valence-electron chi connectivity index (χ4n) is 3.67. The lowest BCUT2D eigenvalue weighted by Crippen LogP contribution is -2.51. The van der Waals surface area contributed by atoms with Gasteiger partial charge in [0.25, 0.3) is 0 Å². The molecule has 2 aliphatic rings. The van der Waals surface area contributed by atoms with E-state index >= 15 is 0 Å². The van der Waals surface area contributed by atoms with Crippen LogP contribution in [0.1, 0.15) is 25.8 Å². The zero-order valence-corrected chi connectivity index (χ0v) is 17.5. The van der Waals surface area contributed by atoms with Crippen molar-refractivity contribution in [2.45, 2.75) is 32.9 Å². The van der Waals surface area contributed by atoms with E-state index in [4.69, 9.17) is 14.2 Å². The van der Waals surface area contributed by atoms with Crippen LogP contribution in [0.4, 0.5) is 0 Å². The number of ether oxygens (including phenoxy) is 3. The molecule has 0 aliphatic carbocycles. The summed E-state index contributed by atoms with van der Waals surface area (Å²) in [4.78, 5) is 28.8. The first-order chi connectivity index (χ1) is 13.9. The molecule has 1 aromatic rings. The van der Waals surface area contributed by atoms with Crippen molar-refractivity contribution in [3.63, 3.8) is 0 Å². The second kappa shape index (κ2) is 9.93. The highest BCUT2D eigenvalue weighted by Gasteiger charge is 2.25. The Morgan fingerprint density at radius 3 is 2.48 bits per heavy atom. The maximum atomic E-state index is 12.4. The van der Waals surface area contributed by atoms with Crippen LogP contribution >= 0.6 is 0 Å². The minimum absolute atomic E-state index is 0.134. The molecule has 1 saturated heterocycles. The van der Waals surface area contributed by atoms with Gasteiger partial charge >= 0.3 is 5.97 Å². The highest BCUT2D eigenvalue weighted by molar-refractivity contribution is 5.85. The topological polar surface area (TPSA) is 80.3 Å². The van der Waals surface area contributed by atoms with Gasteiger partial charge in [-0.1, -0.05) is 19.9 Å². The van der Waals surface area contributed by atoms with E-state index in [0.29, 0.717) is 18.9 Å². The maximum absolute atomic E-state index is 12.4. The molecule has 0 unspecified atom stereocenters. The van der Waals surface area contributed by atoms with E-state index in [9.17, 15) is 9.59 Å². The Labute approximate surface area is 172 Å². The third-order valence-corrected chi connectivity index (χ3v) is 5.20. The van der Waals surface area contributed by atoms with E-state index in [1.54, 1.807) is 0 Å². The van der Waals surface area contributed by atoms with E-state index in [1.165, 1.54) is 12.7 Å². The number of nitrogens with one attached hydrogen (secondary N) is 1. The maximum Gasteiger partial charge on any atom is 0.328 e. The van der Waals surface area contributed by atoms with Crippen LogP contribution in [0.2, 0.25) is 0 Å². The van der Waals surface area contributed by atoms with Gasteiger partial charge < -0.3 is 19.5 Å². The molecule has 0 aromatic heterocycles. The monoisotopic (exact) mass is 405 g/mol. The van der Waals surface area contributed by atoms with Gasteiger partial charge in [0, 0.05) is 32.7 Å². The van der Waals surface area contributed by atoms with E-state index in [0.717, 1.165) is 44.2 Å². The molecule has 0 saturated carbocycles. The SMILES string of the molecule is COC(=O)[C@@H](CC(C)C)NC(=O)CN1CCN(Cc2ccc3c(c2)OCO3)CC1. The van der Waals surface area contributed by atoms with Gasteiger partial charge in [0.15, 0.2) is 11.5 Å². The van der Waals surface area contributed by atoms with Crippen LogP contribution in [0.25, 0.3) is 0 Å². The zero-order chi connectivity index (χ0) is 20.8. The van der Waals surface area contributed by atoms with Crippen molar-refractivity contribution in [3.05, 3.63) is 23.8 Å². The van der Waals surface area contributed by atoms with Crippen molar-refractivity contribution in [1.29, 1.82) is 0 Å². The Morgan fingerprint density at radius 1 is 1.10 bits per heavy atom. The predicted molar refractivity (Wildman–Crippen MR) is 108 cm³/mol. The number of amides is 1. The fourth-order valence-corrected chi connectivity index (χ4v) is 3.67. The van der Waals surface area contributed by atoms with Crippen LogP contribution in [0.3, 0.4) is 0 Å². The average Bonchev–Trinajstić information content (AvgIpc) is 3.16. The van der Waals surface area contributed by atoms with Crippen LogP contribution in [-0.4, -0.2) is 74.3 Å². The number of methoxy groups -OCH3 is 1. The summed E-state index contributed by atoms with van der Waals surface area (Å²) < 4.78 is 15.6. The molecule has 2 heterocycles. The number of esters is 1. The minimum atomic E-state index is -0.584. The number of piperazine rings is 1. The Morgan fingerprint density at radius 2 is 1.79 bits per heavy atom. The number of nitrogens with zero attached hydrogens (tertiary/aromatic N) is 2. The van der Waals surface area contributed by atoms with Crippen LogP contribution in [0.15, 0.2) is 18.2 Å². The molecule has 1 N–H and O–H groups in total. The van der Waals surface area contributed by atoms with Gasteiger partial charge in [-0.05, 0) is 30.0 Å². The largest absolute Gasteiger partial charge is 0.467 e. The summed E-state index contributed by atoms with van der Waals surface area (Å²) in [5.41, 5.74) is 1.19. The summed E-state index contributed by atoms with van der Waals surface area (Å²) >= 11 is 0. The summed E-state index contributed by atoms with van der Waals surface area (Å²) in [6.45, 7) is 8.84. The molecule has 0 bridgehead atoms. The molecule has 29 heavy (non-hydrogen) atoms. The average molecular weight is 405 g/mol. The predicted octanol–water partition coefficient (Wildman–Crippen LogP) is 1.24. The van der Waals surface area contributed by atoms with Crippen LogP contribution in [0.5, 0.6) is 11.5 Å². The van der Waals surface area contributed by atoms with Crippen molar-refractivity contribution in [3.8, 4) is 11.5 Å². The summed E-state index contributed by atoms with van der Waals surface area (Å²) in [6.07, 6.45) is 0.571. The minimum Gasteiger partial charge on any atom is -0.467 e. The smallest absolute Gasteiger partial charge is 0.328 e. The van der Waals surface area contributed by atoms with E-state index in [-0.39, 0.29) is 18.7 Å². The highest BCUT2D eigenvalue weighted by Crippen LogP contribution is 2.32. The van der Waals surface area contributed by atoms with Crippen LogP contribution < -0.4 is 14.8 Å². The van der Waals surface area contributed by atoms with Crippen molar-refractivity contribution < 1.29 is 23.8 Å². The molecule has 2 aliphatic heterocycles. The molecule has 1 aromatic carbocycles. The number of benzene rings is 1. The van der Waals surface area contributed by atoms with Gasteiger partial charge in [-0.25, -0.2) is 4.79 Å². The fraction of sp³-hybridized carbons (Fsp3) is 0.619. The molecular formula is C21H31N3O5. The quantitative estimate of drug-likeness (QED) is 0.652. The molecule has 160 valence electrons. The molecule has 3 rings (SSSR count). The van der Waals surface area contributed by atoms with E-state index in [1.807, 2.05) is 26.0 Å². The van der Waals surface area contributed by atoms with Crippen molar-refractivity contribution in [2.75, 3.05) is 46.6 Å². The molecule has 0 radical (unpaired) electrons. The van der Waals surface area contributed by atoms with Gasteiger partial charge in [0.2, 0.25) is 12.7 Å². The van der Waals surface area contributed by atoms with Gasteiger partial charge in [0.05, 0.1) is 13.7 Å². The number of hydrogen-bond donors (Lipinski definition) is 1. The molecule has 8 nitrogen and oxygen atoms in total. The molecule has 0 spiro atoms. The Bertz CT molecular complexity index is 716. The van der Waals surface area contributed by atoms with Gasteiger partial charge in [-0.2, -0.15) is 0 Å². The first-order valence-corrected chi connectivity index (χ1v) is 10.1. The standard InChI is InChI=1S/C21H31N3O5/c1-15(2)10-17(21(26)27-3)22-20(25)13-24-8-6-23(7-9-24)12-16-4-5-18-19(11-16)29-14-28-18/h4-5,11,15,17H,6-10,12-14H2,1-3H3,(H,22,25)/t17-/m1/s1. The molecule has 1 fully saturated rings. The first-order valence-electron chi connectivity index (χ1n) is 10.1. The van der Waals surface area contributed by atoms with Gasteiger partial charge in [-0.3, -0.25) is 14.6 Å². The number of carbonyl (C=O) groups is 2. The van der Waals surface area contributed by atoms with E-state index in [2.05, 4.69) is 21.2 Å². The molecule has 8 heteroatoms. The van der Waals surface area contributed by atoms with Crippen molar-refractivity contribution in [2.24, 2.45) is 5.92 Å².